The largest absolute Gasteiger partial charge is 0.411 e. The normalized spacial score (nSPS) is 11.6. The van der Waals surface area contributed by atoms with E-state index in [4.69, 9.17) is 16.7 Å². The number of aromatic nitrogens is 1. The van der Waals surface area contributed by atoms with Crippen molar-refractivity contribution < 1.29 is 18.4 Å². The Morgan fingerprint density at radius 2 is 1.56 bits per heavy atom. The Morgan fingerprint density at radius 3 is 2.17 bits per heavy atom. The first-order valence-corrected chi connectivity index (χ1v) is 12.8. The summed E-state index contributed by atoms with van der Waals surface area (Å²) in [6, 6.07) is 20.8. The van der Waals surface area contributed by atoms with E-state index in [1.54, 1.807) is 79.7 Å². The standard InChI is InChI=1S/C27H24N4O4S/c1-16-14-21(18-12-10-17(11-13-18)19-6-3-4-9-24(19)36(2,34)35)25(27(29)32)26(31-16)20-7-5-8-23(28)22(20)15-30-33/h3-15,33H,28H2,1-2H3,(H2,29,32). The molecule has 1 heterocycles. The Morgan fingerprint density at radius 1 is 0.944 bits per heavy atom. The second kappa shape index (κ2) is 9.63. The number of amides is 1. The SMILES string of the molecule is Cc1cc(-c2ccc(-c3ccccc3S(C)(=O)=O)cc2)c(C(N)=O)c(-c2cccc(N)c2C=NO)n1. The number of hydrogen-bond donors (Lipinski definition) is 3. The molecular formula is C27H24N4O4S. The van der Waals surface area contributed by atoms with Crippen molar-refractivity contribution in [3.05, 3.63) is 89.6 Å². The molecule has 0 saturated carbocycles. The predicted molar refractivity (Wildman–Crippen MR) is 141 cm³/mol. The molecule has 0 radical (unpaired) electrons. The molecule has 0 aliphatic carbocycles. The summed E-state index contributed by atoms with van der Waals surface area (Å²) in [6.07, 6.45) is 2.36. The molecule has 9 heteroatoms. The van der Waals surface area contributed by atoms with Gasteiger partial charge in [-0.25, -0.2) is 8.42 Å². The highest BCUT2D eigenvalue weighted by Crippen LogP contribution is 2.36. The Kier molecular flexibility index (Phi) is 6.59. The third kappa shape index (κ3) is 4.69. The van der Waals surface area contributed by atoms with Crippen LogP contribution >= 0.6 is 0 Å². The lowest BCUT2D eigenvalue weighted by atomic mass is 9.91. The number of nitrogens with zero attached hydrogens (tertiary/aromatic N) is 2. The van der Waals surface area contributed by atoms with Crippen LogP contribution in [0.3, 0.4) is 0 Å². The topological polar surface area (TPSA) is 149 Å². The van der Waals surface area contributed by atoms with Crippen molar-refractivity contribution in [2.45, 2.75) is 11.8 Å². The van der Waals surface area contributed by atoms with Crippen LogP contribution in [-0.2, 0) is 9.84 Å². The summed E-state index contributed by atoms with van der Waals surface area (Å²) in [5.41, 5.74) is 16.8. The smallest absolute Gasteiger partial charge is 0.251 e. The first kappa shape index (κ1) is 24.6. The van der Waals surface area contributed by atoms with E-state index in [2.05, 4.69) is 10.1 Å². The van der Waals surface area contributed by atoms with Crippen molar-refractivity contribution in [1.82, 2.24) is 4.98 Å². The fourth-order valence-electron chi connectivity index (χ4n) is 4.19. The molecule has 4 rings (SSSR count). The highest BCUT2D eigenvalue weighted by atomic mass is 32.2. The van der Waals surface area contributed by atoms with Gasteiger partial charge in [-0.2, -0.15) is 0 Å². The fraction of sp³-hybridized carbons (Fsp3) is 0.0741. The van der Waals surface area contributed by atoms with Crippen LogP contribution in [0.4, 0.5) is 5.69 Å². The van der Waals surface area contributed by atoms with Gasteiger partial charge in [-0.15, -0.1) is 0 Å². The van der Waals surface area contributed by atoms with Crippen molar-refractivity contribution in [3.63, 3.8) is 0 Å². The molecule has 0 fully saturated rings. The molecule has 1 aromatic heterocycles. The lowest BCUT2D eigenvalue weighted by Crippen LogP contribution is -2.16. The van der Waals surface area contributed by atoms with Gasteiger partial charge in [0.05, 0.1) is 22.4 Å². The van der Waals surface area contributed by atoms with Crippen LogP contribution in [0.1, 0.15) is 21.6 Å². The molecule has 5 N–H and O–H groups in total. The van der Waals surface area contributed by atoms with E-state index in [0.29, 0.717) is 50.5 Å². The molecule has 182 valence electrons. The summed E-state index contributed by atoms with van der Waals surface area (Å²) in [5, 5.41) is 12.2. The molecule has 0 spiro atoms. The Balaban J connectivity index is 1.91. The number of primary amides is 1. The minimum Gasteiger partial charge on any atom is -0.411 e. The molecule has 0 aliphatic rings. The van der Waals surface area contributed by atoms with Gasteiger partial charge < -0.3 is 16.7 Å². The van der Waals surface area contributed by atoms with E-state index >= 15 is 0 Å². The maximum absolute atomic E-state index is 12.7. The van der Waals surface area contributed by atoms with E-state index in [-0.39, 0.29) is 10.5 Å². The van der Waals surface area contributed by atoms with Crippen molar-refractivity contribution in [2.24, 2.45) is 10.9 Å². The average Bonchev–Trinajstić information content (AvgIpc) is 2.84. The first-order valence-electron chi connectivity index (χ1n) is 10.9. The Labute approximate surface area is 208 Å². The summed E-state index contributed by atoms with van der Waals surface area (Å²) in [6.45, 7) is 1.79. The monoisotopic (exact) mass is 500 g/mol. The molecule has 0 unspecified atom stereocenters. The number of carbonyl (C=O) groups excluding carboxylic acids is 1. The number of rotatable bonds is 6. The van der Waals surface area contributed by atoms with E-state index in [1.807, 2.05) is 0 Å². The fourth-order valence-corrected chi connectivity index (χ4v) is 5.11. The summed E-state index contributed by atoms with van der Waals surface area (Å²) >= 11 is 0. The van der Waals surface area contributed by atoms with Crippen molar-refractivity contribution in [3.8, 4) is 33.5 Å². The molecule has 8 nitrogen and oxygen atoms in total. The summed E-state index contributed by atoms with van der Waals surface area (Å²) < 4.78 is 24.5. The number of anilines is 1. The number of hydrogen-bond acceptors (Lipinski definition) is 7. The van der Waals surface area contributed by atoms with Gasteiger partial charge in [0.2, 0.25) is 0 Å². The maximum Gasteiger partial charge on any atom is 0.251 e. The van der Waals surface area contributed by atoms with Gasteiger partial charge in [0.1, 0.15) is 0 Å². The second-order valence-corrected chi connectivity index (χ2v) is 10.3. The van der Waals surface area contributed by atoms with E-state index in [1.165, 1.54) is 12.5 Å². The van der Waals surface area contributed by atoms with Crippen LogP contribution in [0.15, 0.2) is 82.8 Å². The minimum absolute atomic E-state index is 0.183. The number of carbonyl (C=O) groups is 1. The van der Waals surface area contributed by atoms with Gasteiger partial charge in [-0.1, -0.05) is 59.8 Å². The Bertz CT molecular complexity index is 1610. The predicted octanol–water partition coefficient (Wildman–Crippen LogP) is 4.28. The number of nitrogen functional groups attached to an aromatic ring is 1. The van der Waals surface area contributed by atoms with Crippen molar-refractivity contribution in [1.29, 1.82) is 0 Å². The molecule has 3 aromatic carbocycles. The highest BCUT2D eigenvalue weighted by Gasteiger charge is 2.22. The zero-order valence-corrected chi connectivity index (χ0v) is 20.5. The lowest BCUT2D eigenvalue weighted by molar-refractivity contribution is 0.100. The number of sulfone groups is 1. The van der Waals surface area contributed by atoms with Gasteiger partial charge in [0.15, 0.2) is 9.84 Å². The van der Waals surface area contributed by atoms with E-state index in [0.717, 1.165) is 0 Å². The summed E-state index contributed by atoms with van der Waals surface area (Å²) in [4.78, 5) is 17.5. The van der Waals surface area contributed by atoms with Crippen LogP contribution in [-0.4, -0.2) is 37.0 Å². The quantitative estimate of drug-likeness (QED) is 0.156. The van der Waals surface area contributed by atoms with E-state index in [9.17, 15) is 13.2 Å². The van der Waals surface area contributed by atoms with Crippen molar-refractivity contribution in [2.75, 3.05) is 12.0 Å². The molecule has 1 amide bonds. The van der Waals surface area contributed by atoms with Gasteiger partial charge >= 0.3 is 0 Å². The number of oxime groups is 1. The van der Waals surface area contributed by atoms with Gasteiger partial charge in [0.25, 0.3) is 5.91 Å². The van der Waals surface area contributed by atoms with Crippen LogP contribution in [0.5, 0.6) is 0 Å². The molecular weight excluding hydrogens is 476 g/mol. The zero-order chi connectivity index (χ0) is 26.0. The van der Waals surface area contributed by atoms with Crippen LogP contribution < -0.4 is 11.5 Å². The lowest BCUT2D eigenvalue weighted by Gasteiger charge is -2.16. The number of pyridine rings is 1. The molecule has 4 aromatic rings. The Hall–Kier alpha value is -4.50. The van der Waals surface area contributed by atoms with Gasteiger partial charge in [0, 0.05) is 34.3 Å². The molecule has 0 bridgehead atoms. The molecule has 0 aliphatic heterocycles. The van der Waals surface area contributed by atoms with Crippen LogP contribution in [0, 0.1) is 6.92 Å². The number of benzene rings is 3. The highest BCUT2D eigenvalue weighted by molar-refractivity contribution is 7.90. The van der Waals surface area contributed by atoms with Gasteiger partial charge in [-0.3, -0.25) is 9.78 Å². The van der Waals surface area contributed by atoms with Crippen molar-refractivity contribution >= 4 is 27.6 Å². The van der Waals surface area contributed by atoms with Gasteiger partial charge in [-0.05, 0) is 41.8 Å². The molecule has 0 saturated heterocycles. The second-order valence-electron chi connectivity index (χ2n) is 8.30. The van der Waals surface area contributed by atoms with Crippen LogP contribution in [0.2, 0.25) is 0 Å². The number of nitrogens with two attached hydrogens (primary N) is 2. The molecule has 0 atom stereocenters. The van der Waals surface area contributed by atoms with Crippen LogP contribution in [0.25, 0.3) is 33.5 Å². The van der Waals surface area contributed by atoms with E-state index < -0.39 is 15.7 Å². The third-order valence-electron chi connectivity index (χ3n) is 5.77. The minimum atomic E-state index is -3.42. The maximum atomic E-state index is 12.7. The molecule has 36 heavy (non-hydrogen) atoms. The number of aryl methyl sites for hydroxylation is 1. The first-order chi connectivity index (χ1) is 17.1. The zero-order valence-electron chi connectivity index (χ0n) is 19.6. The third-order valence-corrected chi connectivity index (χ3v) is 6.92. The summed E-state index contributed by atoms with van der Waals surface area (Å²) in [7, 11) is -3.42. The summed E-state index contributed by atoms with van der Waals surface area (Å²) in [5.74, 6) is -0.687. The average molecular weight is 501 g/mol.